The highest BCUT2D eigenvalue weighted by Gasteiger charge is 2.18. The Morgan fingerprint density at radius 2 is 1.89 bits per heavy atom. The molecule has 0 saturated carbocycles. The summed E-state index contributed by atoms with van der Waals surface area (Å²) < 4.78 is 19.6. The number of hydrogen-bond acceptors (Lipinski definition) is 2. The molecule has 1 N–H and O–H groups in total. The molecule has 0 spiro atoms. The SMILES string of the molecule is COc1ccc(Br)cc1C(O)c1ccccc1F. The second-order valence-corrected chi connectivity index (χ2v) is 4.73. The van der Waals surface area contributed by atoms with Crippen molar-refractivity contribution in [1.29, 1.82) is 0 Å². The first-order valence-corrected chi connectivity index (χ1v) is 6.18. The summed E-state index contributed by atoms with van der Waals surface area (Å²) in [4.78, 5) is 0. The highest BCUT2D eigenvalue weighted by Crippen LogP contribution is 2.33. The van der Waals surface area contributed by atoms with Crippen molar-refractivity contribution in [3.63, 3.8) is 0 Å². The van der Waals surface area contributed by atoms with Crippen molar-refractivity contribution in [3.05, 3.63) is 63.9 Å². The highest BCUT2D eigenvalue weighted by atomic mass is 79.9. The maximum atomic E-state index is 13.6. The molecule has 0 aliphatic heterocycles. The molecule has 4 heteroatoms. The Morgan fingerprint density at radius 1 is 1.17 bits per heavy atom. The quantitative estimate of drug-likeness (QED) is 0.937. The van der Waals surface area contributed by atoms with Gasteiger partial charge < -0.3 is 9.84 Å². The monoisotopic (exact) mass is 310 g/mol. The lowest BCUT2D eigenvalue weighted by atomic mass is 10.0. The molecule has 0 saturated heterocycles. The molecule has 94 valence electrons. The van der Waals surface area contributed by atoms with E-state index in [0.29, 0.717) is 11.3 Å². The molecule has 18 heavy (non-hydrogen) atoms. The van der Waals surface area contributed by atoms with Gasteiger partial charge in [-0.1, -0.05) is 34.1 Å². The van der Waals surface area contributed by atoms with Crippen LogP contribution in [0.5, 0.6) is 5.75 Å². The van der Waals surface area contributed by atoms with Gasteiger partial charge in [-0.15, -0.1) is 0 Å². The Kier molecular flexibility index (Phi) is 3.99. The topological polar surface area (TPSA) is 29.5 Å². The van der Waals surface area contributed by atoms with E-state index in [4.69, 9.17) is 4.74 Å². The maximum absolute atomic E-state index is 13.6. The Balaban J connectivity index is 2.48. The molecule has 0 fully saturated rings. The van der Waals surface area contributed by atoms with Crippen LogP contribution in [0.3, 0.4) is 0 Å². The van der Waals surface area contributed by atoms with Crippen LogP contribution in [0.4, 0.5) is 4.39 Å². The van der Waals surface area contributed by atoms with Crippen molar-refractivity contribution in [2.75, 3.05) is 7.11 Å². The van der Waals surface area contributed by atoms with E-state index < -0.39 is 11.9 Å². The van der Waals surface area contributed by atoms with Crippen LogP contribution in [-0.2, 0) is 0 Å². The molecule has 2 rings (SSSR count). The minimum Gasteiger partial charge on any atom is -0.496 e. The maximum Gasteiger partial charge on any atom is 0.129 e. The lowest BCUT2D eigenvalue weighted by molar-refractivity contribution is 0.209. The molecule has 0 aromatic heterocycles. The Labute approximate surface area is 113 Å². The molecule has 1 unspecified atom stereocenters. The molecular weight excluding hydrogens is 299 g/mol. The number of methoxy groups -OCH3 is 1. The lowest BCUT2D eigenvalue weighted by Crippen LogP contribution is -2.04. The molecular formula is C14H12BrFO2. The fraction of sp³-hybridized carbons (Fsp3) is 0.143. The summed E-state index contributed by atoms with van der Waals surface area (Å²) in [5.74, 6) is 0.0842. The van der Waals surface area contributed by atoms with E-state index in [1.165, 1.54) is 13.2 Å². The lowest BCUT2D eigenvalue weighted by Gasteiger charge is -2.16. The summed E-state index contributed by atoms with van der Waals surface area (Å²) >= 11 is 3.32. The fourth-order valence-corrected chi connectivity index (χ4v) is 2.16. The molecule has 0 aliphatic rings. The normalized spacial score (nSPS) is 12.2. The van der Waals surface area contributed by atoms with Crippen LogP contribution in [-0.4, -0.2) is 12.2 Å². The first-order valence-electron chi connectivity index (χ1n) is 5.39. The van der Waals surface area contributed by atoms with Crippen LogP contribution in [0.15, 0.2) is 46.9 Å². The van der Waals surface area contributed by atoms with Crippen molar-refractivity contribution in [3.8, 4) is 5.75 Å². The number of halogens is 2. The van der Waals surface area contributed by atoms with Gasteiger partial charge in [-0.2, -0.15) is 0 Å². The molecule has 2 aromatic rings. The van der Waals surface area contributed by atoms with Crippen molar-refractivity contribution in [2.45, 2.75) is 6.10 Å². The summed E-state index contributed by atoms with van der Waals surface area (Å²) in [5, 5.41) is 10.3. The number of aliphatic hydroxyl groups excluding tert-OH is 1. The van der Waals surface area contributed by atoms with Gasteiger partial charge in [0.2, 0.25) is 0 Å². The number of aliphatic hydroxyl groups is 1. The van der Waals surface area contributed by atoms with Gasteiger partial charge in [0.05, 0.1) is 7.11 Å². The van der Waals surface area contributed by atoms with E-state index in [-0.39, 0.29) is 5.56 Å². The average molecular weight is 311 g/mol. The number of ether oxygens (including phenoxy) is 1. The van der Waals surface area contributed by atoms with Crippen molar-refractivity contribution in [1.82, 2.24) is 0 Å². The smallest absolute Gasteiger partial charge is 0.129 e. The largest absolute Gasteiger partial charge is 0.496 e. The van der Waals surface area contributed by atoms with Gasteiger partial charge in [0, 0.05) is 15.6 Å². The number of rotatable bonds is 3. The third-order valence-corrected chi connectivity index (χ3v) is 3.18. The molecule has 0 amide bonds. The summed E-state index contributed by atoms with van der Waals surface area (Å²) in [6.07, 6.45) is -1.06. The van der Waals surface area contributed by atoms with Gasteiger partial charge in [0.15, 0.2) is 0 Å². The minimum atomic E-state index is -1.06. The zero-order valence-corrected chi connectivity index (χ0v) is 11.3. The second-order valence-electron chi connectivity index (χ2n) is 3.81. The number of benzene rings is 2. The Bertz CT molecular complexity index is 557. The fourth-order valence-electron chi connectivity index (χ4n) is 1.78. The first-order chi connectivity index (χ1) is 8.63. The van der Waals surface area contributed by atoms with E-state index in [1.807, 2.05) is 0 Å². The Morgan fingerprint density at radius 3 is 2.56 bits per heavy atom. The van der Waals surface area contributed by atoms with E-state index in [2.05, 4.69) is 15.9 Å². The average Bonchev–Trinajstić information content (AvgIpc) is 2.38. The number of hydrogen-bond donors (Lipinski definition) is 1. The second kappa shape index (κ2) is 5.50. The molecule has 0 aliphatic carbocycles. The van der Waals surface area contributed by atoms with Gasteiger partial charge in [-0.05, 0) is 24.3 Å². The van der Waals surface area contributed by atoms with Gasteiger partial charge in [-0.3, -0.25) is 0 Å². The zero-order valence-electron chi connectivity index (χ0n) is 9.73. The molecule has 1 atom stereocenters. The minimum absolute atomic E-state index is 0.230. The van der Waals surface area contributed by atoms with Crippen LogP contribution in [0.2, 0.25) is 0 Å². The van der Waals surface area contributed by atoms with Crippen molar-refractivity contribution in [2.24, 2.45) is 0 Å². The summed E-state index contributed by atoms with van der Waals surface area (Å²) in [5.41, 5.74) is 0.755. The van der Waals surface area contributed by atoms with E-state index in [0.717, 1.165) is 4.47 Å². The van der Waals surface area contributed by atoms with Crippen LogP contribution < -0.4 is 4.74 Å². The van der Waals surface area contributed by atoms with E-state index in [1.54, 1.807) is 36.4 Å². The van der Waals surface area contributed by atoms with Crippen molar-refractivity contribution >= 4 is 15.9 Å². The summed E-state index contributed by atoms with van der Waals surface area (Å²) in [6, 6.07) is 11.4. The molecule has 2 aromatic carbocycles. The van der Waals surface area contributed by atoms with Gasteiger partial charge in [0.1, 0.15) is 17.7 Å². The molecule has 0 radical (unpaired) electrons. The predicted octanol–water partition coefficient (Wildman–Crippen LogP) is 3.68. The zero-order chi connectivity index (χ0) is 13.1. The van der Waals surface area contributed by atoms with E-state index >= 15 is 0 Å². The van der Waals surface area contributed by atoms with Crippen molar-refractivity contribution < 1.29 is 14.2 Å². The van der Waals surface area contributed by atoms with Gasteiger partial charge in [-0.25, -0.2) is 4.39 Å². The highest BCUT2D eigenvalue weighted by molar-refractivity contribution is 9.10. The molecule has 2 nitrogen and oxygen atoms in total. The summed E-state index contributed by atoms with van der Waals surface area (Å²) in [7, 11) is 1.51. The van der Waals surface area contributed by atoms with Gasteiger partial charge in [0.25, 0.3) is 0 Å². The molecule has 0 bridgehead atoms. The van der Waals surface area contributed by atoms with Crippen LogP contribution >= 0.6 is 15.9 Å². The van der Waals surface area contributed by atoms with Crippen LogP contribution in [0, 0.1) is 5.82 Å². The first kappa shape index (κ1) is 13.1. The molecule has 0 heterocycles. The van der Waals surface area contributed by atoms with E-state index in [9.17, 15) is 9.50 Å². The standard InChI is InChI=1S/C14H12BrFO2/c1-18-13-7-6-9(15)8-11(13)14(17)10-4-2-3-5-12(10)16/h2-8,14,17H,1H3. The third-order valence-electron chi connectivity index (χ3n) is 2.69. The summed E-state index contributed by atoms with van der Waals surface area (Å²) in [6.45, 7) is 0. The Hall–Kier alpha value is -1.39. The third kappa shape index (κ3) is 2.54. The predicted molar refractivity (Wildman–Crippen MR) is 71.2 cm³/mol. The van der Waals surface area contributed by atoms with Crippen LogP contribution in [0.1, 0.15) is 17.2 Å². The van der Waals surface area contributed by atoms with Gasteiger partial charge >= 0.3 is 0 Å². The van der Waals surface area contributed by atoms with Crippen LogP contribution in [0.25, 0.3) is 0 Å².